The summed E-state index contributed by atoms with van der Waals surface area (Å²) in [7, 11) is 0. The van der Waals surface area contributed by atoms with Gasteiger partial charge in [-0.25, -0.2) is 0 Å². The highest BCUT2D eigenvalue weighted by atomic mass is 16.3. The van der Waals surface area contributed by atoms with E-state index in [1.807, 2.05) is 13.8 Å². The molecule has 0 spiro atoms. The number of rotatable bonds is 4. The number of amides is 1. The van der Waals surface area contributed by atoms with Crippen LogP contribution < -0.4 is 5.32 Å². The SMILES string of the molecule is CC(C)N(CCO)C(=O)C1CCCCCN1. The van der Waals surface area contributed by atoms with E-state index >= 15 is 0 Å². The van der Waals surface area contributed by atoms with Crippen molar-refractivity contribution in [1.29, 1.82) is 0 Å². The summed E-state index contributed by atoms with van der Waals surface area (Å²) >= 11 is 0. The van der Waals surface area contributed by atoms with E-state index in [0.29, 0.717) is 6.54 Å². The van der Waals surface area contributed by atoms with Gasteiger partial charge in [0.05, 0.1) is 12.6 Å². The minimum Gasteiger partial charge on any atom is -0.395 e. The van der Waals surface area contributed by atoms with Crippen molar-refractivity contribution in [3.05, 3.63) is 0 Å². The van der Waals surface area contributed by atoms with Crippen LogP contribution in [0.1, 0.15) is 39.5 Å². The molecule has 1 saturated heterocycles. The molecular formula is C12H24N2O2. The smallest absolute Gasteiger partial charge is 0.240 e. The molecular weight excluding hydrogens is 204 g/mol. The topological polar surface area (TPSA) is 52.6 Å². The number of nitrogens with zero attached hydrogens (tertiary/aromatic N) is 1. The molecule has 1 atom stereocenters. The molecule has 94 valence electrons. The quantitative estimate of drug-likeness (QED) is 0.746. The van der Waals surface area contributed by atoms with Gasteiger partial charge in [0.25, 0.3) is 0 Å². The van der Waals surface area contributed by atoms with Crippen molar-refractivity contribution in [2.75, 3.05) is 19.7 Å². The number of hydrogen-bond donors (Lipinski definition) is 2. The number of carbonyl (C=O) groups is 1. The summed E-state index contributed by atoms with van der Waals surface area (Å²) in [6.45, 7) is 5.39. The number of aliphatic hydroxyl groups is 1. The first-order valence-corrected chi connectivity index (χ1v) is 6.31. The van der Waals surface area contributed by atoms with Crippen LogP contribution in [0.25, 0.3) is 0 Å². The summed E-state index contributed by atoms with van der Waals surface area (Å²) in [6, 6.07) is 0.112. The van der Waals surface area contributed by atoms with Crippen LogP contribution in [0.3, 0.4) is 0 Å². The summed E-state index contributed by atoms with van der Waals surface area (Å²) in [6.07, 6.45) is 4.41. The van der Waals surface area contributed by atoms with Gasteiger partial charge in [0, 0.05) is 12.6 Å². The van der Waals surface area contributed by atoms with Gasteiger partial charge in [-0.1, -0.05) is 12.8 Å². The molecule has 2 N–H and O–H groups in total. The van der Waals surface area contributed by atoms with Crippen LogP contribution in [0.15, 0.2) is 0 Å². The molecule has 0 saturated carbocycles. The number of aliphatic hydroxyl groups excluding tert-OH is 1. The van der Waals surface area contributed by atoms with Gasteiger partial charge in [0.2, 0.25) is 5.91 Å². The van der Waals surface area contributed by atoms with Crippen LogP contribution in [0.5, 0.6) is 0 Å². The zero-order chi connectivity index (χ0) is 12.0. The lowest BCUT2D eigenvalue weighted by atomic mass is 10.1. The first-order chi connectivity index (χ1) is 7.66. The number of hydrogen-bond acceptors (Lipinski definition) is 3. The average molecular weight is 228 g/mol. The Morgan fingerprint density at radius 2 is 2.19 bits per heavy atom. The molecule has 1 fully saturated rings. The molecule has 1 unspecified atom stereocenters. The normalized spacial score (nSPS) is 21.9. The third-order valence-electron chi connectivity index (χ3n) is 3.11. The summed E-state index contributed by atoms with van der Waals surface area (Å²) in [5.41, 5.74) is 0. The van der Waals surface area contributed by atoms with Crippen molar-refractivity contribution in [1.82, 2.24) is 10.2 Å². The van der Waals surface area contributed by atoms with Gasteiger partial charge in [-0.3, -0.25) is 4.79 Å². The van der Waals surface area contributed by atoms with E-state index in [2.05, 4.69) is 5.32 Å². The Kier molecular flexibility index (Phi) is 5.77. The maximum Gasteiger partial charge on any atom is 0.240 e. The molecule has 0 aromatic rings. The second-order valence-corrected chi connectivity index (χ2v) is 4.71. The first kappa shape index (κ1) is 13.5. The van der Waals surface area contributed by atoms with Gasteiger partial charge in [-0.2, -0.15) is 0 Å². The molecule has 0 bridgehead atoms. The molecule has 0 aromatic heterocycles. The van der Waals surface area contributed by atoms with Gasteiger partial charge in [-0.15, -0.1) is 0 Å². The highest BCUT2D eigenvalue weighted by Crippen LogP contribution is 2.12. The van der Waals surface area contributed by atoms with Crippen LogP contribution in [0.2, 0.25) is 0 Å². The monoisotopic (exact) mass is 228 g/mol. The van der Waals surface area contributed by atoms with E-state index in [9.17, 15) is 4.79 Å². The van der Waals surface area contributed by atoms with Crippen molar-refractivity contribution >= 4 is 5.91 Å². The van der Waals surface area contributed by atoms with Crippen LogP contribution in [-0.4, -0.2) is 47.7 Å². The lowest BCUT2D eigenvalue weighted by Crippen LogP contribution is -2.49. The molecule has 16 heavy (non-hydrogen) atoms. The van der Waals surface area contributed by atoms with Gasteiger partial charge >= 0.3 is 0 Å². The second kappa shape index (κ2) is 6.86. The van der Waals surface area contributed by atoms with Crippen LogP contribution in [0.4, 0.5) is 0 Å². The van der Waals surface area contributed by atoms with Crippen molar-refractivity contribution in [3.63, 3.8) is 0 Å². The highest BCUT2D eigenvalue weighted by Gasteiger charge is 2.25. The van der Waals surface area contributed by atoms with E-state index in [4.69, 9.17) is 5.11 Å². The summed E-state index contributed by atoms with van der Waals surface area (Å²) in [5.74, 6) is 0.144. The Hall–Kier alpha value is -0.610. The molecule has 4 nitrogen and oxygen atoms in total. The summed E-state index contributed by atoms with van der Waals surface area (Å²) in [5, 5.41) is 12.3. The molecule has 1 aliphatic heterocycles. The molecule has 0 radical (unpaired) electrons. The standard InChI is InChI=1S/C12H24N2O2/c1-10(2)14(8-9-15)12(16)11-6-4-3-5-7-13-11/h10-11,13,15H,3-9H2,1-2H3. The predicted octanol–water partition coefficient (Wildman–Crippen LogP) is 0.748. The maximum atomic E-state index is 12.2. The third kappa shape index (κ3) is 3.76. The molecule has 1 amide bonds. The Balaban J connectivity index is 2.57. The van der Waals surface area contributed by atoms with E-state index in [1.54, 1.807) is 4.90 Å². The van der Waals surface area contributed by atoms with Crippen LogP contribution in [0, 0.1) is 0 Å². The predicted molar refractivity (Wildman–Crippen MR) is 64.2 cm³/mol. The molecule has 1 heterocycles. The minimum absolute atomic E-state index is 0.0383. The fourth-order valence-corrected chi connectivity index (χ4v) is 2.17. The van der Waals surface area contributed by atoms with Crippen LogP contribution >= 0.6 is 0 Å². The Morgan fingerprint density at radius 3 is 2.81 bits per heavy atom. The second-order valence-electron chi connectivity index (χ2n) is 4.71. The van der Waals surface area contributed by atoms with Crippen LogP contribution in [-0.2, 0) is 4.79 Å². The Labute approximate surface area is 98.0 Å². The van der Waals surface area contributed by atoms with Crippen molar-refractivity contribution in [3.8, 4) is 0 Å². The van der Waals surface area contributed by atoms with Gasteiger partial charge in [-0.05, 0) is 33.2 Å². The average Bonchev–Trinajstić information content (AvgIpc) is 2.53. The van der Waals surface area contributed by atoms with E-state index < -0.39 is 0 Å². The lowest BCUT2D eigenvalue weighted by Gasteiger charge is -2.30. The Morgan fingerprint density at radius 1 is 1.44 bits per heavy atom. The van der Waals surface area contributed by atoms with Gasteiger partial charge in [0.1, 0.15) is 0 Å². The molecule has 0 aliphatic carbocycles. The van der Waals surface area contributed by atoms with Crippen molar-refractivity contribution in [2.24, 2.45) is 0 Å². The molecule has 1 aliphatic rings. The minimum atomic E-state index is -0.0450. The summed E-state index contributed by atoms with van der Waals surface area (Å²) < 4.78 is 0. The molecule has 4 heteroatoms. The largest absolute Gasteiger partial charge is 0.395 e. The fourth-order valence-electron chi connectivity index (χ4n) is 2.17. The number of carbonyl (C=O) groups excluding carboxylic acids is 1. The lowest BCUT2D eigenvalue weighted by molar-refractivity contribution is -0.135. The van der Waals surface area contributed by atoms with E-state index in [0.717, 1.165) is 25.8 Å². The highest BCUT2D eigenvalue weighted by molar-refractivity contribution is 5.82. The van der Waals surface area contributed by atoms with Gasteiger partial charge < -0.3 is 15.3 Å². The van der Waals surface area contributed by atoms with Crippen molar-refractivity contribution in [2.45, 2.75) is 51.6 Å². The number of nitrogens with one attached hydrogen (secondary N) is 1. The maximum absolute atomic E-state index is 12.2. The first-order valence-electron chi connectivity index (χ1n) is 6.31. The third-order valence-corrected chi connectivity index (χ3v) is 3.11. The Bertz CT molecular complexity index is 211. The zero-order valence-electron chi connectivity index (χ0n) is 10.4. The molecule has 0 aromatic carbocycles. The summed E-state index contributed by atoms with van der Waals surface area (Å²) in [4.78, 5) is 14.0. The van der Waals surface area contributed by atoms with Gasteiger partial charge in [0.15, 0.2) is 0 Å². The van der Waals surface area contributed by atoms with E-state index in [-0.39, 0.29) is 24.6 Å². The van der Waals surface area contributed by atoms with Crippen molar-refractivity contribution < 1.29 is 9.90 Å². The van der Waals surface area contributed by atoms with E-state index in [1.165, 1.54) is 6.42 Å². The molecule has 1 rings (SSSR count). The fraction of sp³-hybridized carbons (Fsp3) is 0.917. The zero-order valence-corrected chi connectivity index (χ0v) is 10.4.